The molecule has 0 atom stereocenters. The molecule has 1 saturated carbocycles. The summed E-state index contributed by atoms with van der Waals surface area (Å²) in [6, 6.07) is 35.5. The van der Waals surface area contributed by atoms with Crippen LogP contribution >= 0.6 is 11.3 Å². The third kappa shape index (κ3) is 7.25. The predicted molar refractivity (Wildman–Crippen MR) is 189 cm³/mol. The van der Waals surface area contributed by atoms with Gasteiger partial charge < -0.3 is 20.0 Å². The molecule has 12 heteroatoms. The second-order valence-electron chi connectivity index (χ2n) is 11.9. The zero-order valence-corrected chi connectivity index (χ0v) is 27.8. The van der Waals surface area contributed by atoms with E-state index in [-0.39, 0.29) is 18.0 Å². The summed E-state index contributed by atoms with van der Waals surface area (Å²) < 4.78 is 5.58. The zero-order valence-electron chi connectivity index (χ0n) is 26.9. The van der Waals surface area contributed by atoms with Crippen LogP contribution in [-0.2, 0) is 31.3 Å². The molecular weight excluding hydrogens is 657 g/mol. The van der Waals surface area contributed by atoms with Gasteiger partial charge in [-0.05, 0) is 47.2 Å². The Morgan fingerprint density at radius 2 is 1.40 bits per heavy atom. The second-order valence-corrected chi connectivity index (χ2v) is 12.8. The average Bonchev–Trinajstić information content (AvgIpc) is 3.62. The molecule has 254 valence electrons. The van der Waals surface area contributed by atoms with Gasteiger partial charge in [-0.1, -0.05) is 103 Å². The van der Waals surface area contributed by atoms with E-state index in [1.165, 1.54) is 35.6 Å². The smallest absolute Gasteiger partial charge is 0.360 e. The molecule has 1 aliphatic rings. The van der Waals surface area contributed by atoms with Crippen molar-refractivity contribution in [2.45, 2.75) is 49.9 Å². The number of thiazole rings is 1. The molecule has 0 spiro atoms. The highest BCUT2D eigenvalue weighted by molar-refractivity contribution is 7.14. The Morgan fingerprint density at radius 1 is 0.860 bits per heavy atom. The lowest BCUT2D eigenvalue weighted by atomic mass is 9.77. The largest absolute Gasteiger partial charge is 0.476 e. The molecule has 0 aliphatic heterocycles. The first-order valence-electron chi connectivity index (χ1n) is 16.1. The van der Waals surface area contributed by atoms with Crippen molar-refractivity contribution in [1.82, 2.24) is 4.98 Å². The van der Waals surface area contributed by atoms with Crippen molar-refractivity contribution in [3.8, 4) is 0 Å². The number of hydrogen-bond donors (Lipinski definition) is 2. The van der Waals surface area contributed by atoms with Gasteiger partial charge in [-0.2, -0.15) is 0 Å². The number of rotatable bonds is 13. The quantitative estimate of drug-likeness (QED) is 0.0416. The minimum atomic E-state index is -1.49. The van der Waals surface area contributed by atoms with E-state index in [2.05, 4.69) is 15.5 Å². The van der Waals surface area contributed by atoms with E-state index in [1.54, 1.807) is 5.38 Å². The molecule has 1 aromatic heterocycles. The summed E-state index contributed by atoms with van der Waals surface area (Å²) in [5, 5.41) is 30.9. The molecule has 0 bridgehead atoms. The number of nitro benzene ring substituents is 1. The van der Waals surface area contributed by atoms with Crippen LogP contribution in [0.25, 0.3) is 0 Å². The number of carbonyl (C=O) groups excluding carboxylic acids is 1. The molecule has 0 radical (unpaired) electrons. The van der Waals surface area contributed by atoms with Crippen molar-refractivity contribution in [3.63, 3.8) is 0 Å². The van der Waals surface area contributed by atoms with Crippen molar-refractivity contribution in [1.29, 1.82) is 0 Å². The van der Waals surface area contributed by atoms with E-state index < -0.39 is 33.7 Å². The Bertz CT molecular complexity index is 1860. The van der Waals surface area contributed by atoms with Crippen molar-refractivity contribution in [2.75, 3.05) is 5.32 Å². The van der Waals surface area contributed by atoms with Crippen molar-refractivity contribution >= 4 is 39.8 Å². The van der Waals surface area contributed by atoms with Gasteiger partial charge in [0.05, 0.1) is 4.92 Å². The van der Waals surface area contributed by atoms with E-state index in [0.29, 0.717) is 36.4 Å². The number of nitro groups is 1. The number of aromatic nitrogens is 1. The molecule has 2 N–H and O–H groups in total. The van der Waals surface area contributed by atoms with Crippen LogP contribution in [0.15, 0.2) is 126 Å². The molecule has 1 aliphatic carbocycles. The summed E-state index contributed by atoms with van der Waals surface area (Å²) in [6.07, 6.45) is 2.79. The van der Waals surface area contributed by atoms with Gasteiger partial charge in [0.25, 0.3) is 5.69 Å². The van der Waals surface area contributed by atoms with Crippen LogP contribution in [-0.4, -0.2) is 38.3 Å². The minimum Gasteiger partial charge on any atom is -0.476 e. The van der Waals surface area contributed by atoms with E-state index in [1.807, 2.05) is 91.0 Å². The number of nitrogens with one attached hydrogen (secondary N) is 1. The van der Waals surface area contributed by atoms with Crippen LogP contribution in [0, 0.1) is 10.1 Å². The highest BCUT2D eigenvalue weighted by Gasteiger charge is 2.45. The second kappa shape index (κ2) is 15.1. The van der Waals surface area contributed by atoms with Gasteiger partial charge in [0, 0.05) is 30.4 Å². The average molecular weight is 691 g/mol. The van der Waals surface area contributed by atoms with Gasteiger partial charge in [-0.25, -0.2) is 14.6 Å². The minimum absolute atomic E-state index is 0.0679. The Kier molecular flexibility index (Phi) is 10.3. The molecule has 1 fully saturated rings. The Morgan fingerprint density at radius 3 is 1.90 bits per heavy atom. The van der Waals surface area contributed by atoms with Crippen molar-refractivity contribution < 1.29 is 29.2 Å². The summed E-state index contributed by atoms with van der Waals surface area (Å²) in [6.45, 7) is -0.134. The Labute approximate surface area is 292 Å². The fourth-order valence-corrected chi connectivity index (χ4v) is 6.91. The number of benzene rings is 4. The molecule has 1 heterocycles. The number of nitrogens with zero attached hydrogens (tertiary/aromatic N) is 3. The fraction of sp³-hybridized carbons (Fsp3) is 0.211. The molecule has 4 aromatic carbocycles. The normalized spacial score (nSPS) is 14.4. The molecular formula is C38H34N4O7S. The lowest BCUT2D eigenvalue weighted by Crippen LogP contribution is -2.44. The third-order valence-corrected chi connectivity index (χ3v) is 9.48. The summed E-state index contributed by atoms with van der Waals surface area (Å²) in [5.74, 6) is -2.05. The molecule has 0 amide bonds. The number of carbonyl (C=O) groups is 2. The lowest BCUT2D eigenvalue weighted by Gasteiger charge is -2.36. The first-order valence-corrected chi connectivity index (χ1v) is 17.0. The van der Waals surface area contributed by atoms with Crippen LogP contribution in [0.1, 0.15) is 60.1 Å². The number of non-ortho nitro benzene ring substituents is 1. The number of hydrogen-bond acceptors (Lipinski definition) is 10. The van der Waals surface area contributed by atoms with Crippen LogP contribution < -0.4 is 5.32 Å². The number of oxime groups is 1. The fourth-order valence-electron chi connectivity index (χ4n) is 6.16. The highest BCUT2D eigenvalue weighted by atomic mass is 32.1. The van der Waals surface area contributed by atoms with Crippen LogP contribution in [0.2, 0.25) is 0 Å². The van der Waals surface area contributed by atoms with Crippen molar-refractivity contribution in [2.24, 2.45) is 5.16 Å². The predicted octanol–water partition coefficient (Wildman–Crippen LogP) is 7.71. The summed E-state index contributed by atoms with van der Waals surface area (Å²) in [4.78, 5) is 47.0. The maximum atomic E-state index is 13.5. The summed E-state index contributed by atoms with van der Waals surface area (Å²) in [5.41, 5.74) is 0.600. The molecule has 50 heavy (non-hydrogen) atoms. The van der Waals surface area contributed by atoms with E-state index in [4.69, 9.17) is 9.57 Å². The standard InChI is InChI=1S/C38H34N4O7S/c43-34(44)33(41-49-37(23-11-4-12-24-37)35(45)48-25-27-19-21-31(22-20-27)42(46)47)32-26-50-36(39-32)40-38(28-13-5-1-6-14-28,29-15-7-2-8-16-29)30-17-9-3-10-18-30/h1-3,5-10,13-22,26H,4,11-12,23-25H2,(H,39,40)(H,43,44). The SMILES string of the molecule is O=C(O)C(=NOC1(C(=O)OCc2ccc([N+](=O)[O-])cc2)CCCCC1)c1csc(NC(c2ccccc2)(c2ccccc2)c2ccccc2)n1. The number of carboxylic acid groups (broad SMARTS) is 1. The van der Waals surface area contributed by atoms with Gasteiger partial charge in [0.15, 0.2) is 5.13 Å². The van der Waals surface area contributed by atoms with Crippen LogP contribution in [0.3, 0.4) is 0 Å². The van der Waals surface area contributed by atoms with Crippen LogP contribution in [0.4, 0.5) is 10.8 Å². The Balaban J connectivity index is 1.29. The molecule has 0 saturated heterocycles. The molecule has 5 aromatic rings. The van der Waals surface area contributed by atoms with Gasteiger partial charge in [0.1, 0.15) is 17.8 Å². The van der Waals surface area contributed by atoms with E-state index >= 15 is 0 Å². The molecule has 6 rings (SSSR count). The van der Waals surface area contributed by atoms with Gasteiger partial charge in [-0.3, -0.25) is 10.1 Å². The third-order valence-electron chi connectivity index (χ3n) is 8.73. The summed E-state index contributed by atoms with van der Waals surface area (Å²) in [7, 11) is 0. The maximum Gasteiger partial charge on any atom is 0.360 e. The number of aliphatic carboxylic acids is 1. The van der Waals surface area contributed by atoms with E-state index in [9.17, 15) is 24.8 Å². The number of esters is 1. The van der Waals surface area contributed by atoms with E-state index in [0.717, 1.165) is 23.1 Å². The first kappa shape index (κ1) is 34.0. The van der Waals surface area contributed by atoms with Crippen molar-refractivity contribution in [3.05, 3.63) is 159 Å². The highest BCUT2D eigenvalue weighted by Crippen LogP contribution is 2.41. The maximum absolute atomic E-state index is 13.5. The lowest BCUT2D eigenvalue weighted by molar-refractivity contribution is -0.384. The van der Waals surface area contributed by atoms with Gasteiger partial charge >= 0.3 is 11.9 Å². The zero-order chi connectivity index (χ0) is 35.0. The van der Waals surface area contributed by atoms with Gasteiger partial charge in [0.2, 0.25) is 11.3 Å². The molecule has 0 unspecified atom stereocenters. The van der Waals surface area contributed by atoms with Crippen LogP contribution in [0.5, 0.6) is 0 Å². The Hall–Kier alpha value is -5.88. The monoisotopic (exact) mass is 690 g/mol. The topological polar surface area (TPSA) is 153 Å². The van der Waals surface area contributed by atoms with Gasteiger partial charge in [-0.15, -0.1) is 11.3 Å². The number of anilines is 1. The first-order chi connectivity index (χ1) is 24.3. The molecule has 11 nitrogen and oxygen atoms in total. The number of ether oxygens (including phenoxy) is 1. The summed E-state index contributed by atoms with van der Waals surface area (Å²) >= 11 is 1.23. The number of carboxylic acids is 1.